The fourth-order valence-corrected chi connectivity index (χ4v) is 1.07. The summed E-state index contributed by atoms with van der Waals surface area (Å²) < 4.78 is 4.52. The lowest BCUT2D eigenvalue weighted by Gasteiger charge is -2.03. The number of aromatic nitrogens is 1. The van der Waals surface area contributed by atoms with E-state index in [9.17, 15) is 4.79 Å². The third-order valence-corrected chi connectivity index (χ3v) is 1.72. The highest BCUT2D eigenvalue weighted by Crippen LogP contribution is 2.26. The van der Waals surface area contributed by atoms with Gasteiger partial charge in [-0.15, -0.1) is 0 Å². The Balaban J connectivity index is 3.28. The van der Waals surface area contributed by atoms with Crippen molar-refractivity contribution in [2.75, 3.05) is 7.11 Å². The fraction of sp³-hybridized carbons (Fsp3) is 0.125. The lowest BCUT2D eigenvalue weighted by Crippen LogP contribution is -2.02. The number of aliphatic imine (C=N–C) groups is 1. The maximum absolute atomic E-state index is 11.1. The smallest absolute Gasteiger partial charge is 0.340 e. The predicted molar refractivity (Wildman–Crippen MR) is 49.8 cm³/mol. The average Bonchev–Trinajstić information content (AvgIpc) is 2.16. The van der Waals surface area contributed by atoms with E-state index in [4.69, 9.17) is 11.6 Å². The van der Waals surface area contributed by atoms with E-state index >= 15 is 0 Å². The molecule has 0 unspecified atom stereocenters. The van der Waals surface area contributed by atoms with Crippen LogP contribution in [0.1, 0.15) is 10.4 Å². The Kier molecular flexibility index (Phi) is 2.97. The summed E-state index contributed by atoms with van der Waals surface area (Å²) in [7, 11) is 1.28. The van der Waals surface area contributed by atoms with E-state index in [-0.39, 0.29) is 16.4 Å². The maximum atomic E-state index is 11.1. The first kappa shape index (κ1) is 9.67. The Morgan fingerprint density at radius 2 is 2.46 bits per heavy atom. The average molecular weight is 199 g/mol. The molecule has 5 heteroatoms. The highest BCUT2D eigenvalue weighted by molar-refractivity contribution is 6.32. The standard InChI is InChI=1S/C8H7ClN2O2/c1-10-6-5(8(12)13-2)3-4-11-7(6)9/h3-4H,1H2,2H3. The summed E-state index contributed by atoms with van der Waals surface area (Å²) in [5.41, 5.74) is 0.508. The summed E-state index contributed by atoms with van der Waals surface area (Å²) >= 11 is 5.68. The summed E-state index contributed by atoms with van der Waals surface area (Å²) in [5.74, 6) is -0.508. The first-order chi connectivity index (χ1) is 6.20. The highest BCUT2D eigenvalue weighted by atomic mass is 35.5. The Labute approximate surface area is 80.2 Å². The Bertz CT molecular complexity index is 352. The van der Waals surface area contributed by atoms with Crippen LogP contribution < -0.4 is 0 Å². The summed E-state index contributed by atoms with van der Waals surface area (Å²) in [4.78, 5) is 18.5. The number of esters is 1. The molecule has 68 valence electrons. The van der Waals surface area contributed by atoms with Crippen LogP contribution in [0.15, 0.2) is 17.3 Å². The summed E-state index contributed by atoms with van der Waals surface area (Å²) in [6.45, 7) is 3.29. The molecule has 0 aliphatic rings. The number of hydrogen-bond acceptors (Lipinski definition) is 4. The zero-order valence-electron chi connectivity index (χ0n) is 6.95. The Hall–Kier alpha value is -1.42. The topological polar surface area (TPSA) is 51.5 Å². The van der Waals surface area contributed by atoms with E-state index in [2.05, 4.69) is 21.4 Å². The van der Waals surface area contributed by atoms with Gasteiger partial charge in [0.2, 0.25) is 0 Å². The number of carbonyl (C=O) groups excluding carboxylic acids is 1. The van der Waals surface area contributed by atoms with Crippen molar-refractivity contribution in [3.8, 4) is 0 Å². The van der Waals surface area contributed by atoms with Crippen molar-refractivity contribution >= 4 is 30.0 Å². The zero-order valence-corrected chi connectivity index (χ0v) is 7.71. The van der Waals surface area contributed by atoms with Crippen molar-refractivity contribution in [1.82, 2.24) is 4.98 Å². The van der Waals surface area contributed by atoms with Crippen molar-refractivity contribution in [2.45, 2.75) is 0 Å². The molecule has 1 rings (SSSR count). The van der Waals surface area contributed by atoms with Crippen LogP contribution in [0.25, 0.3) is 0 Å². The predicted octanol–water partition coefficient (Wildman–Crippen LogP) is 1.85. The van der Waals surface area contributed by atoms with Crippen LogP contribution >= 0.6 is 11.6 Å². The van der Waals surface area contributed by atoms with Crippen LogP contribution in [0, 0.1) is 0 Å². The second kappa shape index (κ2) is 4.00. The van der Waals surface area contributed by atoms with Crippen molar-refractivity contribution in [2.24, 2.45) is 4.99 Å². The van der Waals surface area contributed by atoms with Gasteiger partial charge < -0.3 is 4.74 Å². The minimum absolute atomic E-state index is 0.137. The van der Waals surface area contributed by atoms with Crippen molar-refractivity contribution in [1.29, 1.82) is 0 Å². The van der Waals surface area contributed by atoms with E-state index in [1.165, 1.54) is 19.4 Å². The van der Waals surface area contributed by atoms with E-state index < -0.39 is 5.97 Å². The molecule has 0 spiro atoms. The van der Waals surface area contributed by atoms with Gasteiger partial charge in [0.25, 0.3) is 0 Å². The lowest BCUT2D eigenvalue weighted by molar-refractivity contribution is 0.0601. The second-order valence-corrected chi connectivity index (χ2v) is 2.51. The molecule has 0 fully saturated rings. The summed E-state index contributed by atoms with van der Waals surface area (Å²) in [5, 5.41) is 0.137. The third kappa shape index (κ3) is 1.84. The lowest BCUT2D eigenvalue weighted by atomic mass is 10.2. The van der Waals surface area contributed by atoms with Crippen LogP contribution in [-0.4, -0.2) is 24.8 Å². The van der Waals surface area contributed by atoms with E-state index in [1.807, 2.05) is 0 Å². The SMILES string of the molecule is C=Nc1c(C(=O)OC)ccnc1Cl. The molecule has 0 aromatic carbocycles. The molecule has 0 amide bonds. The molecule has 0 aliphatic heterocycles. The van der Waals surface area contributed by atoms with E-state index in [0.717, 1.165) is 0 Å². The number of carbonyl (C=O) groups is 1. The number of ether oxygens (including phenoxy) is 1. The second-order valence-electron chi connectivity index (χ2n) is 2.15. The molecule has 0 N–H and O–H groups in total. The molecule has 1 aromatic heterocycles. The van der Waals surface area contributed by atoms with Crippen LogP contribution in [0.2, 0.25) is 5.15 Å². The van der Waals surface area contributed by atoms with Crippen LogP contribution in [-0.2, 0) is 4.74 Å². The Morgan fingerprint density at radius 3 is 3.00 bits per heavy atom. The van der Waals surface area contributed by atoms with Gasteiger partial charge in [-0.3, -0.25) is 4.99 Å². The molecule has 0 atom stereocenters. The summed E-state index contributed by atoms with van der Waals surface area (Å²) in [6.07, 6.45) is 1.41. The Morgan fingerprint density at radius 1 is 1.77 bits per heavy atom. The maximum Gasteiger partial charge on any atom is 0.340 e. The van der Waals surface area contributed by atoms with Gasteiger partial charge in [0.05, 0.1) is 12.7 Å². The van der Waals surface area contributed by atoms with Gasteiger partial charge in [-0.25, -0.2) is 9.78 Å². The minimum Gasteiger partial charge on any atom is -0.465 e. The molecular weight excluding hydrogens is 192 g/mol. The van der Waals surface area contributed by atoms with Gasteiger partial charge in [-0.2, -0.15) is 0 Å². The molecule has 0 aliphatic carbocycles. The molecule has 0 radical (unpaired) electrons. The number of rotatable bonds is 2. The minimum atomic E-state index is -0.508. The molecule has 1 aromatic rings. The van der Waals surface area contributed by atoms with Crippen molar-refractivity contribution in [3.05, 3.63) is 23.0 Å². The molecular formula is C8H7ClN2O2. The quantitative estimate of drug-likeness (QED) is 0.414. The van der Waals surface area contributed by atoms with Gasteiger partial charge >= 0.3 is 5.97 Å². The molecule has 1 heterocycles. The zero-order chi connectivity index (χ0) is 9.84. The van der Waals surface area contributed by atoms with E-state index in [0.29, 0.717) is 0 Å². The number of nitrogens with zero attached hydrogens (tertiary/aromatic N) is 2. The normalized spacial score (nSPS) is 9.38. The van der Waals surface area contributed by atoms with Crippen LogP contribution in [0.4, 0.5) is 5.69 Å². The van der Waals surface area contributed by atoms with Gasteiger partial charge in [0.15, 0.2) is 5.15 Å². The number of pyridine rings is 1. The monoisotopic (exact) mass is 198 g/mol. The first-order valence-electron chi connectivity index (χ1n) is 3.40. The number of methoxy groups -OCH3 is 1. The highest BCUT2D eigenvalue weighted by Gasteiger charge is 2.13. The van der Waals surface area contributed by atoms with Gasteiger partial charge in [-0.1, -0.05) is 11.6 Å². The van der Waals surface area contributed by atoms with Gasteiger partial charge in [-0.05, 0) is 12.8 Å². The molecule has 0 bridgehead atoms. The van der Waals surface area contributed by atoms with Crippen molar-refractivity contribution < 1.29 is 9.53 Å². The third-order valence-electron chi connectivity index (χ3n) is 1.44. The van der Waals surface area contributed by atoms with Gasteiger partial charge in [0.1, 0.15) is 5.69 Å². The number of hydrogen-bond donors (Lipinski definition) is 0. The van der Waals surface area contributed by atoms with Crippen LogP contribution in [0.5, 0.6) is 0 Å². The first-order valence-corrected chi connectivity index (χ1v) is 3.78. The molecule has 0 saturated carbocycles. The van der Waals surface area contributed by atoms with E-state index in [1.54, 1.807) is 0 Å². The van der Waals surface area contributed by atoms with Crippen molar-refractivity contribution in [3.63, 3.8) is 0 Å². The molecule has 13 heavy (non-hydrogen) atoms. The largest absolute Gasteiger partial charge is 0.465 e. The molecule has 0 saturated heterocycles. The van der Waals surface area contributed by atoms with Gasteiger partial charge in [0, 0.05) is 6.20 Å². The fourth-order valence-electron chi connectivity index (χ4n) is 0.854. The summed E-state index contributed by atoms with van der Waals surface area (Å²) in [6, 6.07) is 1.47. The number of halogens is 1. The van der Waals surface area contributed by atoms with Crippen LogP contribution in [0.3, 0.4) is 0 Å². The molecule has 4 nitrogen and oxygen atoms in total.